The average Bonchev–Trinajstić information content (AvgIpc) is 3.66. The van der Waals surface area contributed by atoms with Gasteiger partial charge >= 0.3 is 0 Å². The molecular formula is C60H53N3. The molecule has 0 aliphatic rings. The smallest absolute Gasteiger partial charge is 0.0488 e. The Morgan fingerprint density at radius 3 is 1.22 bits per heavy atom. The predicted octanol–water partition coefficient (Wildman–Crippen LogP) is 16.2. The first-order valence-electron chi connectivity index (χ1n) is 22.3. The Kier molecular flexibility index (Phi) is 12.5. The fraction of sp³-hybridized carbons (Fsp3) is 0.133. The second kappa shape index (κ2) is 19.1. The van der Waals surface area contributed by atoms with E-state index in [-0.39, 0.29) is 0 Å². The van der Waals surface area contributed by atoms with Gasteiger partial charge in [0, 0.05) is 64.8 Å². The largest absolute Gasteiger partial charge is 0.344 e. The molecule has 3 heterocycles. The van der Waals surface area contributed by atoms with E-state index < -0.39 is 0 Å². The first-order valence-corrected chi connectivity index (χ1v) is 22.3. The SMILES string of the molecule is CCC(CC(CC)c1cccc(-c2cc(-c3cccc(-c4cccnc4)c3)cc(-c3cccc(-c4cccnc4)c3)c2)c1)c1ccccc1.Cn1c2ccccc2c2ccccc21. The topological polar surface area (TPSA) is 30.7 Å². The fourth-order valence-corrected chi connectivity index (χ4v) is 9.19. The van der Waals surface area contributed by atoms with Crippen LogP contribution in [0, 0.1) is 0 Å². The van der Waals surface area contributed by atoms with Gasteiger partial charge in [-0.25, -0.2) is 0 Å². The van der Waals surface area contributed by atoms with Crippen LogP contribution in [-0.2, 0) is 7.05 Å². The number of para-hydroxylation sites is 2. The number of hydrogen-bond donors (Lipinski definition) is 0. The number of benzene rings is 7. The number of fused-ring (bicyclic) bond motifs is 3. The third kappa shape index (κ3) is 9.15. The molecule has 0 aliphatic heterocycles. The van der Waals surface area contributed by atoms with Crippen molar-refractivity contribution in [2.45, 2.75) is 44.9 Å². The van der Waals surface area contributed by atoms with E-state index in [4.69, 9.17) is 0 Å². The molecular weight excluding hydrogens is 763 g/mol. The molecule has 3 aromatic heterocycles. The summed E-state index contributed by atoms with van der Waals surface area (Å²) in [6.07, 6.45) is 10.9. The van der Waals surface area contributed by atoms with Crippen molar-refractivity contribution in [1.29, 1.82) is 0 Å². The molecule has 0 N–H and O–H groups in total. The first kappa shape index (κ1) is 41.0. The molecule has 2 unspecified atom stereocenters. The number of rotatable bonds is 11. The van der Waals surface area contributed by atoms with Crippen molar-refractivity contribution in [3.05, 3.63) is 230 Å². The summed E-state index contributed by atoms with van der Waals surface area (Å²) >= 11 is 0. The quantitative estimate of drug-likeness (QED) is 0.130. The van der Waals surface area contributed by atoms with E-state index in [9.17, 15) is 0 Å². The van der Waals surface area contributed by atoms with E-state index in [1.807, 2.05) is 36.9 Å². The van der Waals surface area contributed by atoms with E-state index in [0.717, 1.165) is 41.5 Å². The number of aromatic nitrogens is 3. The summed E-state index contributed by atoms with van der Waals surface area (Å²) in [5, 5.41) is 2.68. The monoisotopic (exact) mass is 815 g/mol. The number of nitrogens with zero attached hydrogens (tertiary/aromatic N) is 3. The van der Waals surface area contributed by atoms with Gasteiger partial charge in [0.05, 0.1) is 0 Å². The summed E-state index contributed by atoms with van der Waals surface area (Å²) in [6, 6.07) is 70.2. The van der Waals surface area contributed by atoms with Crippen molar-refractivity contribution < 1.29 is 0 Å². The Balaban J connectivity index is 0.000000302. The second-order valence-corrected chi connectivity index (χ2v) is 16.5. The Bertz CT molecular complexity index is 2920. The summed E-state index contributed by atoms with van der Waals surface area (Å²) in [4.78, 5) is 8.74. The average molecular weight is 816 g/mol. The van der Waals surface area contributed by atoms with Crippen LogP contribution in [0.2, 0.25) is 0 Å². The second-order valence-electron chi connectivity index (χ2n) is 16.5. The maximum absolute atomic E-state index is 4.37. The van der Waals surface area contributed by atoms with Crippen molar-refractivity contribution in [3.8, 4) is 55.6 Å². The highest BCUT2D eigenvalue weighted by Gasteiger charge is 2.19. The summed E-state index contributed by atoms with van der Waals surface area (Å²) in [5.41, 5.74) is 17.2. The standard InChI is InChI=1S/C47H42N2.C13H11N/c1-3-34(36-13-6-5-7-14-36)25-35(4-2)37-15-8-18-40(26-37)45-29-46(41-19-9-16-38(27-41)43-21-11-23-48-32-43)31-47(30-45)42-20-10-17-39(28-42)44-22-12-24-49-33-44;1-14-12-8-4-2-6-10(12)11-7-3-5-9-13(11)14/h5-24,26-35H,3-4,25H2,1-2H3;2-9H,1H3. The molecule has 308 valence electrons. The molecule has 10 rings (SSSR count). The molecule has 7 aromatic carbocycles. The lowest BCUT2D eigenvalue weighted by atomic mass is 9.81. The summed E-state index contributed by atoms with van der Waals surface area (Å²) in [5.74, 6) is 1.03. The molecule has 0 saturated carbocycles. The minimum absolute atomic E-state index is 0.486. The van der Waals surface area contributed by atoms with Crippen LogP contribution in [0.25, 0.3) is 77.4 Å². The highest BCUT2D eigenvalue weighted by atomic mass is 14.9. The minimum Gasteiger partial charge on any atom is -0.344 e. The normalized spacial score (nSPS) is 12.1. The van der Waals surface area contributed by atoms with Crippen LogP contribution in [0.5, 0.6) is 0 Å². The third-order valence-electron chi connectivity index (χ3n) is 12.7. The van der Waals surface area contributed by atoms with Crippen LogP contribution in [0.4, 0.5) is 0 Å². The lowest BCUT2D eigenvalue weighted by Gasteiger charge is -2.23. The Hall–Kier alpha value is -7.36. The minimum atomic E-state index is 0.486. The van der Waals surface area contributed by atoms with Gasteiger partial charge in [0.1, 0.15) is 0 Å². The first-order chi connectivity index (χ1) is 31.1. The number of pyridine rings is 2. The molecule has 3 nitrogen and oxygen atoms in total. The van der Waals surface area contributed by atoms with E-state index in [1.54, 1.807) is 0 Å². The highest BCUT2D eigenvalue weighted by Crippen LogP contribution is 2.39. The third-order valence-corrected chi connectivity index (χ3v) is 12.7. The van der Waals surface area contributed by atoms with Crippen LogP contribution in [0.15, 0.2) is 219 Å². The van der Waals surface area contributed by atoms with Gasteiger partial charge in [-0.1, -0.05) is 153 Å². The van der Waals surface area contributed by atoms with Crippen LogP contribution in [0.3, 0.4) is 0 Å². The van der Waals surface area contributed by atoms with Gasteiger partial charge < -0.3 is 4.57 Å². The van der Waals surface area contributed by atoms with Gasteiger partial charge in [0.25, 0.3) is 0 Å². The Morgan fingerprint density at radius 1 is 0.365 bits per heavy atom. The van der Waals surface area contributed by atoms with Crippen molar-refractivity contribution in [1.82, 2.24) is 14.5 Å². The summed E-state index contributed by atoms with van der Waals surface area (Å²) in [7, 11) is 2.12. The molecule has 3 heteroatoms. The molecule has 10 aromatic rings. The molecule has 2 atom stereocenters. The molecule has 0 aliphatic carbocycles. The molecule has 0 amide bonds. The van der Waals surface area contributed by atoms with Crippen molar-refractivity contribution in [3.63, 3.8) is 0 Å². The molecule has 0 saturated heterocycles. The lowest BCUT2D eigenvalue weighted by molar-refractivity contribution is 0.509. The maximum Gasteiger partial charge on any atom is 0.0488 e. The molecule has 0 fully saturated rings. The number of aryl methyl sites for hydroxylation is 1. The van der Waals surface area contributed by atoms with Crippen molar-refractivity contribution >= 4 is 21.8 Å². The van der Waals surface area contributed by atoms with E-state index in [1.165, 1.54) is 66.3 Å². The van der Waals surface area contributed by atoms with Crippen LogP contribution in [-0.4, -0.2) is 14.5 Å². The van der Waals surface area contributed by atoms with E-state index >= 15 is 0 Å². The van der Waals surface area contributed by atoms with Gasteiger partial charge in [-0.05, 0) is 141 Å². The van der Waals surface area contributed by atoms with Crippen molar-refractivity contribution in [2.24, 2.45) is 7.05 Å². The zero-order valence-electron chi connectivity index (χ0n) is 36.4. The predicted molar refractivity (Wildman–Crippen MR) is 267 cm³/mol. The lowest BCUT2D eigenvalue weighted by Crippen LogP contribution is -2.06. The zero-order chi connectivity index (χ0) is 43.0. The molecule has 0 radical (unpaired) electrons. The highest BCUT2D eigenvalue weighted by molar-refractivity contribution is 6.07. The van der Waals surface area contributed by atoms with Gasteiger partial charge in [-0.2, -0.15) is 0 Å². The Labute approximate surface area is 372 Å². The van der Waals surface area contributed by atoms with Gasteiger partial charge in [0.2, 0.25) is 0 Å². The van der Waals surface area contributed by atoms with E-state index in [2.05, 4.69) is 217 Å². The number of hydrogen-bond acceptors (Lipinski definition) is 2. The van der Waals surface area contributed by atoms with Crippen molar-refractivity contribution in [2.75, 3.05) is 0 Å². The van der Waals surface area contributed by atoms with Crippen LogP contribution in [0.1, 0.15) is 56.1 Å². The Morgan fingerprint density at radius 2 is 0.746 bits per heavy atom. The zero-order valence-corrected chi connectivity index (χ0v) is 36.4. The van der Waals surface area contributed by atoms with Crippen LogP contribution >= 0.6 is 0 Å². The van der Waals surface area contributed by atoms with Gasteiger partial charge in [-0.3, -0.25) is 9.97 Å². The molecule has 0 spiro atoms. The van der Waals surface area contributed by atoms with Gasteiger partial charge in [-0.15, -0.1) is 0 Å². The maximum atomic E-state index is 4.37. The summed E-state index contributed by atoms with van der Waals surface area (Å²) < 4.78 is 2.24. The van der Waals surface area contributed by atoms with E-state index in [0.29, 0.717) is 11.8 Å². The van der Waals surface area contributed by atoms with Crippen LogP contribution < -0.4 is 0 Å². The summed E-state index contributed by atoms with van der Waals surface area (Å²) in [6.45, 7) is 4.65. The molecule has 63 heavy (non-hydrogen) atoms. The van der Waals surface area contributed by atoms with Gasteiger partial charge in [0.15, 0.2) is 0 Å². The molecule has 0 bridgehead atoms. The fourth-order valence-electron chi connectivity index (χ4n) is 9.19.